The van der Waals surface area contributed by atoms with Gasteiger partial charge in [0, 0.05) is 12.4 Å². The molecule has 0 aliphatic heterocycles. The smallest absolute Gasteiger partial charge is 0.291 e. The zero-order chi connectivity index (χ0) is 17.3. The van der Waals surface area contributed by atoms with Crippen molar-refractivity contribution in [3.8, 4) is 5.75 Å². The van der Waals surface area contributed by atoms with Gasteiger partial charge in [0.05, 0.1) is 12.4 Å². The highest BCUT2D eigenvalue weighted by Gasteiger charge is 2.04. The molecule has 25 heavy (non-hydrogen) atoms. The minimum absolute atomic E-state index is 0.208. The molecule has 2 aromatic carbocycles. The molecule has 1 aromatic heterocycles. The lowest BCUT2D eigenvalue weighted by atomic mass is 10.2. The molecule has 0 aliphatic rings. The number of nitrogens with zero attached hydrogens (tertiary/aromatic N) is 3. The number of hydrogen-bond donors (Lipinski definition) is 1. The number of amides is 1. The standard InChI is InChI=1S/C19H16N4O2/c24-19(18-13-20-9-10-21-18)23-22-12-16-7-4-8-17(11-16)25-14-15-5-2-1-3-6-15/h1-13H,14H2,(H,23,24)/b22-12-. The van der Waals surface area contributed by atoms with E-state index in [1.165, 1.54) is 18.6 Å². The predicted molar refractivity (Wildman–Crippen MR) is 94.3 cm³/mol. The SMILES string of the molecule is O=C(N/N=C\c1cccc(OCc2ccccc2)c1)c1cnccn1. The van der Waals surface area contributed by atoms with Crippen molar-refractivity contribution < 1.29 is 9.53 Å². The Kier molecular flexibility index (Phi) is 5.45. The third-order valence-electron chi connectivity index (χ3n) is 3.28. The van der Waals surface area contributed by atoms with Crippen LogP contribution in [0.25, 0.3) is 0 Å². The van der Waals surface area contributed by atoms with Gasteiger partial charge in [-0.3, -0.25) is 9.78 Å². The highest BCUT2D eigenvalue weighted by Crippen LogP contribution is 2.14. The second kappa shape index (κ2) is 8.35. The summed E-state index contributed by atoms with van der Waals surface area (Å²) in [6.07, 6.45) is 5.87. The third kappa shape index (κ3) is 4.97. The maximum Gasteiger partial charge on any atom is 0.291 e. The molecule has 3 aromatic rings. The number of aromatic nitrogens is 2. The van der Waals surface area contributed by atoms with E-state index in [-0.39, 0.29) is 5.69 Å². The predicted octanol–water partition coefficient (Wildman–Crippen LogP) is 2.82. The molecule has 6 heteroatoms. The van der Waals surface area contributed by atoms with E-state index in [0.29, 0.717) is 6.61 Å². The van der Waals surface area contributed by atoms with Gasteiger partial charge in [0.2, 0.25) is 0 Å². The van der Waals surface area contributed by atoms with Gasteiger partial charge in [-0.25, -0.2) is 10.4 Å². The average molecular weight is 332 g/mol. The van der Waals surface area contributed by atoms with Crippen molar-refractivity contribution in [3.05, 3.63) is 90.0 Å². The first-order valence-corrected chi connectivity index (χ1v) is 7.67. The maximum atomic E-state index is 11.8. The maximum absolute atomic E-state index is 11.8. The zero-order valence-electron chi connectivity index (χ0n) is 13.4. The summed E-state index contributed by atoms with van der Waals surface area (Å²) < 4.78 is 5.76. The van der Waals surface area contributed by atoms with Gasteiger partial charge >= 0.3 is 0 Å². The van der Waals surface area contributed by atoms with Crippen LogP contribution in [0.3, 0.4) is 0 Å². The Bertz CT molecular complexity index is 852. The molecule has 0 bridgehead atoms. The van der Waals surface area contributed by atoms with E-state index in [2.05, 4.69) is 20.5 Å². The van der Waals surface area contributed by atoms with Crippen molar-refractivity contribution >= 4 is 12.1 Å². The van der Waals surface area contributed by atoms with Gasteiger partial charge in [-0.1, -0.05) is 42.5 Å². The number of hydrazone groups is 1. The van der Waals surface area contributed by atoms with Crippen LogP contribution in [0.4, 0.5) is 0 Å². The molecule has 124 valence electrons. The largest absolute Gasteiger partial charge is 0.489 e. The van der Waals surface area contributed by atoms with E-state index in [1.54, 1.807) is 6.21 Å². The highest BCUT2D eigenvalue weighted by atomic mass is 16.5. The minimum Gasteiger partial charge on any atom is -0.489 e. The van der Waals surface area contributed by atoms with Crippen molar-refractivity contribution in [2.24, 2.45) is 5.10 Å². The molecular formula is C19H16N4O2. The van der Waals surface area contributed by atoms with Gasteiger partial charge < -0.3 is 4.74 Å². The molecule has 1 amide bonds. The normalized spacial score (nSPS) is 10.6. The molecular weight excluding hydrogens is 316 g/mol. The van der Waals surface area contributed by atoms with E-state index in [4.69, 9.17) is 4.74 Å². The molecule has 0 aliphatic carbocycles. The number of nitrogens with one attached hydrogen (secondary N) is 1. The lowest BCUT2D eigenvalue weighted by molar-refractivity contribution is 0.0949. The van der Waals surface area contributed by atoms with Crippen molar-refractivity contribution in [2.45, 2.75) is 6.61 Å². The van der Waals surface area contributed by atoms with Crippen LogP contribution >= 0.6 is 0 Å². The fourth-order valence-corrected chi connectivity index (χ4v) is 2.06. The number of carbonyl (C=O) groups is 1. The molecule has 3 rings (SSSR count). The molecule has 1 heterocycles. The summed E-state index contributed by atoms with van der Waals surface area (Å²) in [7, 11) is 0. The Morgan fingerprint density at radius 1 is 1.12 bits per heavy atom. The van der Waals surface area contributed by atoms with Gasteiger partial charge in [0.1, 0.15) is 18.1 Å². The van der Waals surface area contributed by atoms with Crippen LogP contribution in [0.15, 0.2) is 78.3 Å². The molecule has 1 N–H and O–H groups in total. The molecule has 0 radical (unpaired) electrons. The Balaban J connectivity index is 1.57. The summed E-state index contributed by atoms with van der Waals surface area (Å²) in [6, 6.07) is 17.4. The molecule has 0 atom stereocenters. The number of ether oxygens (including phenoxy) is 1. The fourth-order valence-electron chi connectivity index (χ4n) is 2.06. The van der Waals surface area contributed by atoms with Crippen molar-refractivity contribution in [1.29, 1.82) is 0 Å². The van der Waals surface area contributed by atoms with Crippen LogP contribution in [-0.2, 0) is 6.61 Å². The summed E-state index contributed by atoms with van der Waals surface area (Å²) >= 11 is 0. The summed E-state index contributed by atoms with van der Waals surface area (Å²) in [5.74, 6) is 0.314. The Morgan fingerprint density at radius 2 is 2.00 bits per heavy atom. The lowest BCUT2D eigenvalue weighted by Crippen LogP contribution is -2.19. The van der Waals surface area contributed by atoms with Gasteiger partial charge in [0.25, 0.3) is 5.91 Å². The van der Waals surface area contributed by atoms with Crippen molar-refractivity contribution in [2.75, 3.05) is 0 Å². The van der Waals surface area contributed by atoms with E-state index in [9.17, 15) is 4.79 Å². The van der Waals surface area contributed by atoms with Crippen molar-refractivity contribution in [3.63, 3.8) is 0 Å². The summed E-state index contributed by atoms with van der Waals surface area (Å²) in [5, 5.41) is 3.93. The Labute approximate surface area is 145 Å². The quantitative estimate of drug-likeness (QED) is 0.556. The van der Waals surface area contributed by atoms with Crippen molar-refractivity contribution in [1.82, 2.24) is 15.4 Å². The van der Waals surface area contributed by atoms with Gasteiger partial charge in [-0.05, 0) is 23.3 Å². The van der Waals surface area contributed by atoms with Gasteiger partial charge in [-0.15, -0.1) is 0 Å². The topological polar surface area (TPSA) is 76.5 Å². The van der Waals surface area contributed by atoms with Crippen LogP contribution < -0.4 is 10.2 Å². The molecule has 0 saturated heterocycles. The van der Waals surface area contributed by atoms with Gasteiger partial charge in [0.15, 0.2) is 0 Å². The number of carbonyl (C=O) groups excluding carboxylic acids is 1. The second-order valence-corrected chi connectivity index (χ2v) is 5.14. The molecule has 0 spiro atoms. The number of benzene rings is 2. The first-order valence-electron chi connectivity index (χ1n) is 7.67. The number of rotatable bonds is 6. The van der Waals surface area contributed by atoms with Crippen LogP contribution in [0.2, 0.25) is 0 Å². The summed E-state index contributed by atoms with van der Waals surface area (Å²) in [4.78, 5) is 19.5. The monoisotopic (exact) mass is 332 g/mol. The second-order valence-electron chi connectivity index (χ2n) is 5.14. The van der Waals surface area contributed by atoms with Crippen LogP contribution in [0.1, 0.15) is 21.6 Å². The zero-order valence-corrected chi connectivity index (χ0v) is 13.4. The Hall–Kier alpha value is -3.54. The average Bonchev–Trinajstić information content (AvgIpc) is 2.68. The van der Waals surface area contributed by atoms with E-state index in [0.717, 1.165) is 16.9 Å². The first kappa shape index (κ1) is 16.3. The number of hydrogen-bond acceptors (Lipinski definition) is 5. The van der Waals surface area contributed by atoms with E-state index < -0.39 is 5.91 Å². The van der Waals surface area contributed by atoms with Crippen LogP contribution in [0.5, 0.6) is 5.75 Å². The van der Waals surface area contributed by atoms with E-state index in [1.807, 2.05) is 54.6 Å². The molecule has 0 unspecified atom stereocenters. The summed E-state index contributed by atoms with van der Waals surface area (Å²) in [5.41, 5.74) is 4.53. The fraction of sp³-hybridized carbons (Fsp3) is 0.0526. The minimum atomic E-state index is -0.416. The molecule has 0 fully saturated rings. The molecule has 6 nitrogen and oxygen atoms in total. The van der Waals surface area contributed by atoms with E-state index >= 15 is 0 Å². The summed E-state index contributed by atoms with van der Waals surface area (Å²) in [6.45, 7) is 0.491. The third-order valence-corrected chi connectivity index (χ3v) is 3.28. The van der Waals surface area contributed by atoms with Crippen LogP contribution in [-0.4, -0.2) is 22.1 Å². The highest BCUT2D eigenvalue weighted by molar-refractivity contribution is 5.92. The van der Waals surface area contributed by atoms with Gasteiger partial charge in [-0.2, -0.15) is 5.10 Å². The lowest BCUT2D eigenvalue weighted by Gasteiger charge is -2.06. The first-order chi connectivity index (χ1) is 12.3. The van der Waals surface area contributed by atoms with Crippen LogP contribution in [0, 0.1) is 0 Å². The Morgan fingerprint density at radius 3 is 2.80 bits per heavy atom. The molecule has 0 saturated carbocycles.